The zero-order chi connectivity index (χ0) is 16.2. The van der Waals surface area contributed by atoms with Crippen molar-refractivity contribution in [1.29, 1.82) is 0 Å². The Kier molecular flexibility index (Phi) is 3.29. The van der Waals surface area contributed by atoms with E-state index in [4.69, 9.17) is 0 Å². The fourth-order valence-electron chi connectivity index (χ4n) is 2.20. The lowest BCUT2D eigenvalue weighted by Gasteiger charge is -2.04. The van der Waals surface area contributed by atoms with Crippen molar-refractivity contribution in [1.82, 2.24) is 23.6 Å². The van der Waals surface area contributed by atoms with Crippen LogP contribution in [0.4, 0.5) is 0 Å². The second-order valence-corrected chi connectivity index (χ2v) is 8.31. The van der Waals surface area contributed by atoms with Gasteiger partial charge >= 0.3 is 10.0 Å². The first-order valence-corrected chi connectivity index (χ1v) is 9.37. The van der Waals surface area contributed by atoms with E-state index in [1.54, 1.807) is 30.6 Å². The summed E-state index contributed by atoms with van der Waals surface area (Å²) in [5.74, 6) is 0. The van der Waals surface area contributed by atoms with Crippen molar-refractivity contribution in [3.63, 3.8) is 0 Å². The number of imidazole rings is 1. The number of rotatable bonds is 2. The first kappa shape index (κ1) is 14.8. The smallest absolute Gasteiger partial charge is 0.288 e. The van der Waals surface area contributed by atoms with Gasteiger partial charge in [0.15, 0.2) is 5.03 Å². The van der Waals surface area contributed by atoms with E-state index in [-0.39, 0.29) is 5.03 Å². The first-order valence-electron chi connectivity index (χ1n) is 6.34. The van der Waals surface area contributed by atoms with Gasteiger partial charge in [-0.2, -0.15) is 17.6 Å². The maximum atomic E-state index is 12.9. The van der Waals surface area contributed by atoms with Gasteiger partial charge in [0.25, 0.3) is 0 Å². The Hall–Kier alpha value is -1.78. The largest absolute Gasteiger partial charge is 0.300 e. The number of hydrogen-bond donors (Lipinski definition) is 0. The van der Waals surface area contributed by atoms with Crippen LogP contribution in [0.15, 0.2) is 57.0 Å². The van der Waals surface area contributed by atoms with Crippen LogP contribution in [0.25, 0.3) is 16.7 Å². The molecule has 4 rings (SSSR count). The molecule has 0 fully saturated rings. The van der Waals surface area contributed by atoms with Gasteiger partial charge in [0.1, 0.15) is 16.7 Å². The lowest BCUT2D eigenvalue weighted by Crippen LogP contribution is -2.15. The molecule has 4 aromatic heterocycles. The lowest BCUT2D eigenvalue weighted by molar-refractivity contribution is 0.575. The van der Waals surface area contributed by atoms with Crippen LogP contribution in [0.2, 0.25) is 0 Å². The highest BCUT2D eigenvalue weighted by molar-refractivity contribution is 9.10. The third kappa shape index (κ3) is 2.37. The quantitative estimate of drug-likeness (QED) is 0.463. The van der Waals surface area contributed by atoms with Crippen LogP contribution in [0.5, 0.6) is 0 Å². The number of halogens is 2. The first-order chi connectivity index (χ1) is 10.9. The molecule has 10 heteroatoms. The summed E-state index contributed by atoms with van der Waals surface area (Å²) in [5.41, 5.74) is 1.51. The zero-order valence-electron chi connectivity index (χ0n) is 11.3. The van der Waals surface area contributed by atoms with E-state index in [1.807, 2.05) is 0 Å². The Morgan fingerprint density at radius 2 is 1.78 bits per heavy atom. The van der Waals surface area contributed by atoms with Gasteiger partial charge in [0.05, 0.1) is 12.4 Å². The number of nitrogens with zero attached hydrogens (tertiary/aromatic N) is 5. The number of pyridine rings is 2. The van der Waals surface area contributed by atoms with Crippen LogP contribution in [-0.4, -0.2) is 32.0 Å². The minimum atomic E-state index is -3.88. The lowest BCUT2D eigenvalue weighted by atomic mass is 10.4. The normalized spacial score (nSPS) is 12.3. The average Bonchev–Trinajstić information content (AvgIpc) is 3.10. The van der Waals surface area contributed by atoms with Gasteiger partial charge in [0.2, 0.25) is 0 Å². The van der Waals surface area contributed by atoms with Gasteiger partial charge in [-0.1, -0.05) is 0 Å². The summed E-state index contributed by atoms with van der Waals surface area (Å²) in [7, 11) is -3.88. The van der Waals surface area contributed by atoms with Gasteiger partial charge < -0.3 is 0 Å². The van der Waals surface area contributed by atoms with Crippen molar-refractivity contribution in [3.05, 3.63) is 51.9 Å². The second kappa shape index (κ2) is 5.11. The molecule has 0 saturated carbocycles. The van der Waals surface area contributed by atoms with Crippen molar-refractivity contribution in [2.24, 2.45) is 0 Å². The minimum Gasteiger partial charge on any atom is -0.288 e. The molecule has 0 aliphatic rings. The SMILES string of the molecule is O=S(=O)(c1cnc2ccc(Br)cn12)n1cc2ncc(Br)cc2n1. The molecule has 0 unspecified atom stereocenters. The standard InChI is InChI=1S/C13H7Br2N5O2S/c14-8-1-2-12-17-5-13(19(12)6-8)23(21,22)20-7-11-10(18-20)3-9(15)4-16-11/h1-7H. The number of aromatic nitrogens is 5. The Morgan fingerprint density at radius 3 is 2.61 bits per heavy atom. The van der Waals surface area contributed by atoms with E-state index >= 15 is 0 Å². The van der Waals surface area contributed by atoms with Crippen molar-refractivity contribution < 1.29 is 8.42 Å². The van der Waals surface area contributed by atoms with Crippen LogP contribution in [0.3, 0.4) is 0 Å². The molecule has 0 spiro atoms. The molecule has 0 atom stereocenters. The maximum absolute atomic E-state index is 12.9. The summed E-state index contributed by atoms with van der Waals surface area (Å²) in [6, 6.07) is 5.23. The van der Waals surface area contributed by atoms with E-state index in [0.717, 1.165) is 13.0 Å². The van der Waals surface area contributed by atoms with E-state index in [0.29, 0.717) is 16.7 Å². The Morgan fingerprint density at radius 1 is 0.957 bits per heavy atom. The van der Waals surface area contributed by atoms with E-state index in [2.05, 4.69) is 46.9 Å². The molecule has 23 heavy (non-hydrogen) atoms. The fourth-order valence-corrected chi connectivity index (χ4v) is 4.06. The van der Waals surface area contributed by atoms with Crippen LogP contribution in [0, 0.1) is 0 Å². The Labute approximate surface area is 147 Å². The monoisotopic (exact) mass is 455 g/mol. The molecule has 0 radical (unpaired) electrons. The number of hydrogen-bond acceptors (Lipinski definition) is 5. The summed E-state index contributed by atoms with van der Waals surface area (Å²) in [6.45, 7) is 0. The molecular weight excluding hydrogens is 450 g/mol. The topological polar surface area (TPSA) is 82.1 Å². The third-order valence-corrected chi connectivity index (χ3v) is 5.66. The molecule has 0 N–H and O–H groups in total. The molecule has 4 aromatic rings. The summed E-state index contributed by atoms with van der Waals surface area (Å²) < 4.78 is 29.6. The molecular formula is C13H7Br2N5O2S. The van der Waals surface area contributed by atoms with Gasteiger partial charge in [-0.05, 0) is 50.1 Å². The minimum absolute atomic E-state index is 0.0284. The molecule has 7 nitrogen and oxygen atoms in total. The molecule has 0 bridgehead atoms. The molecule has 0 aromatic carbocycles. The highest BCUT2D eigenvalue weighted by atomic mass is 79.9. The van der Waals surface area contributed by atoms with Crippen LogP contribution < -0.4 is 0 Å². The summed E-state index contributed by atoms with van der Waals surface area (Å²) in [6.07, 6.45) is 5.93. The van der Waals surface area contributed by atoms with Crippen molar-refractivity contribution in [2.75, 3.05) is 0 Å². The highest BCUT2D eigenvalue weighted by Crippen LogP contribution is 2.21. The second-order valence-electron chi connectivity index (χ2n) is 4.74. The van der Waals surface area contributed by atoms with Crippen molar-refractivity contribution in [2.45, 2.75) is 5.03 Å². The van der Waals surface area contributed by atoms with Crippen LogP contribution >= 0.6 is 31.9 Å². The summed E-state index contributed by atoms with van der Waals surface area (Å²) >= 11 is 6.62. The number of fused-ring (bicyclic) bond motifs is 2. The Balaban J connectivity index is 1.95. The fraction of sp³-hybridized carbons (Fsp3) is 0. The zero-order valence-corrected chi connectivity index (χ0v) is 15.2. The highest BCUT2D eigenvalue weighted by Gasteiger charge is 2.23. The third-order valence-electron chi connectivity index (χ3n) is 3.25. The van der Waals surface area contributed by atoms with Gasteiger partial charge in [-0.3, -0.25) is 9.38 Å². The molecule has 0 aliphatic carbocycles. The van der Waals surface area contributed by atoms with E-state index in [1.165, 1.54) is 16.8 Å². The van der Waals surface area contributed by atoms with Gasteiger partial charge in [0, 0.05) is 21.3 Å². The predicted molar refractivity (Wildman–Crippen MR) is 90.7 cm³/mol. The van der Waals surface area contributed by atoms with Crippen LogP contribution in [-0.2, 0) is 10.0 Å². The molecule has 0 aliphatic heterocycles. The summed E-state index contributed by atoms with van der Waals surface area (Å²) in [4.78, 5) is 8.27. The van der Waals surface area contributed by atoms with Crippen molar-refractivity contribution in [3.8, 4) is 0 Å². The molecule has 116 valence electrons. The van der Waals surface area contributed by atoms with Crippen molar-refractivity contribution >= 4 is 58.6 Å². The van der Waals surface area contributed by atoms with Crippen LogP contribution in [0.1, 0.15) is 0 Å². The molecule has 0 saturated heterocycles. The van der Waals surface area contributed by atoms with E-state index < -0.39 is 10.0 Å². The molecule has 4 heterocycles. The van der Waals surface area contributed by atoms with Gasteiger partial charge in [-0.15, -0.1) is 0 Å². The average molecular weight is 457 g/mol. The Bertz CT molecular complexity index is 1170. The summed E-state index contributed by atoms with van der Waals surface area (Å²) in [5, 5.41) is 4.14. The maximum Gasteiger partial charge on any atom is 0.300 e. The van der Waals surface area contributed by atoms with Gasteiger partial charge in [-0.25, -0.2) is 4.98 Å². The van der Waals surface area contributed by atoms with E-state index in [9.17, 15) is 8.42 Å². The molecule has 0 amide bonds. The predicted octanol–water partition coefficient (Wildman–Crippen LogP) is 2.84.